The van der Waals surface area contributed by atoms with Crippen LogP contribution in [-0.2, 0) is 4.74 Å². The van der Waals surface area contributed by atoms with Crippen LogP contribution in [0.5, 0.6) is 0 Å². The fraction of sp³-hybridized carbons (Fsp3) is 0.364. The molecule has 0 aliphatic carbocycles. The first-order valence-electron chi connectivity index (χ1n) is 3.98. The van der Waals surface area contributed by atoms with Crippen molar-refractivity contribution < 1.29 is 4.74 Å². The van der Waals surface area contributed by atoms with Gasteiger partial charge in [0, 0.05) is 18.7 Å². The zero-order chi connectivity index (χ0) is 10.3. The molecule has 0 aromatic rings. The van der Waals surface area contributed by atoms with Gasteiger partial charge in [0.15, 0.2) is 0 Å². The number of terminal acetylenes is 1. The third-order valence-corrected chi connectivity index (χ3v) is 1.52. The van der Waals surface area contributed by atoms with Gasteiger partial charge < -0.3 is 4.74 Å². The van der Waals surface area contributed by atoms with Crippen LogP contribution in [0.1, 0.15) is 13.8 Å². The minimum absolute atomic E-state index is 0.564. The van der Waals surface area contributed by atoms with E-state index in [1.807, 2.05) is 19.9 Å². The lowest BCUT2D eigenvalue weighted by Gasteiger charge is -1.97. The second-order valence-corrected chi connectivity index (χ2v) is 2.66. The molecule has 0 aromatic carbocycles. The summed E-state index contributed by atoms with van der Waals surface area (Å²) in [7, 11) is 3.24. The second kappa shape index (κ2) is 6.07. The molecule has 2 heteroatoms. The first kappa shape index (κ1) is 11.5. The number of hydrogen-bond acceptors (Lipinski definition) is 2. The van der Waals surface area contributed by atoms with Gasteiger partial charge in [-0.15, -0.1) is 6.42 Å². The van der Waals surface area contributed by atoms with Gasteiger partial charge in [-0.3, -0.25) is 4.99 Å². The van der Waals surface area contributed by atoms with Crippen molar-refractivity contribution in [3.05, 3.63) is 23.3 Å². The van der Waals surface area contributed by atoms with Gasteiger partial charge >= 0.3 is 0 Å². The first-order valence-corrected chi connectivity index (χ1v) is 3.98. The molecular weight excluding hydrogens is 162 g/mol. The molecule has 0 N–H and O–H groups in total. The third-order valence-electron chi connectivity index (χ3n) is 1.52. The van der Waals surface area contributed by atoms with Crippen LogP contribution in [0.15, 0.2) is 28.3 Å². The molecule has 0 saturated carbocycles. The van der Waals surface area contributed by atoms with Gasteiger partial charge in [0.25, 0.3) is 0 Å². The van der Waals surface area contributed by atoms with Crippen molar-refractivity contribution in [2.75, 3.05) is 14.2 Å². The summed E-state index contributed by atoms with van der Waals surface area (Å²) >= 11 is 0. The van der Waals surface area contributed by atoms with E-state index in [-0.39, 0.29) is 0 Å². The molecule has 0 spiro atoms. The predicted molar refractivity (Wildman–Crippen MR) is 56.7 cm³/mol. The van der Waals surface area contributed by atoms with Gasteiger partial charge in [0.2, 0.25) is 5.90 Å². The lowest BCUT2D eigenvalue weighted by Crippen LogP contribution is -1.95. The van der Waals surface area contributed by atoms with E-state index in [1.165, 1.54) is 0 Å². The highest BCUT2D eigenvalue weighted by atomic mass is 16.5. The van der Waals surface area contributed by atoms with Crippen LogP contribution in [0.2, 0.25) is 0 Å². The Morgan fingerprint density at radius 2 is 2.00 bits per heavy atom. The van der Waals surface area contributed by atoms with Crippen LogP contribution in [0.3, 0.4) is 0 Å². The first-order chi connectivity index (χ1) is 6.15. The van der Waals surface area contributed by atoms with E-state index >= 15 is 0 Å². The average Bonchev–Trinajstić information content (AvgIpc) is 2.12. The fourth-order valence-corrected chi connectivity index (χ4v) is 0.748. The van der Waals surface area contributed by atoms with Crippen molar-refractivity contribution in [1.82, 2.24) is 0 Å². The number of rotatable bonds is 2. The van der Waals surface area contributed by atoms with Gasteiger partial charge in [0.1, 0.15) is 0 Å². The number of methoxy groups -OCH3 is 1. The minimum Gasteiger partial charge on any atom is -0.481 e. The van der Waals surface area contributed by atoms with E-state index in [0.29, 0.717) is 5.90 Å². The van der Waals surface area contributed by atoms with Gasteiger partial charge in [-0.2, -0.15) is 0 Å². The molecule has 13 heavy (non-hydrogen) atoms. The molecular formula is C11H15NO. The summed E-state index contributed by atoms with van der Waals surface area (Å²) in [5.41, 5.74) is 1.96. The van der Waals surface area contributed by atoms with Gasteiger partial charge in [-0.05, 0) is 19.9 Å². The number of hydrogen-bond donors (Lipinski definition) is 0. The van der Waals surface area contributed by atoms with Crippen LogP contribution in [0.25, 0.3) is 0 Å². The highest BCUT2D eigenvalue weighted by Gasteiger charge is 1.91. The molecule has 0 heterocycles. The molecule has 70 valence electrons. The molecule has 0 rings (SSSR count). The van der Waals surface area contributed by atoms with Gasteiger partial charge in [-0.1, -0.05) is 11.5 Å². The molecule has 0 aliphatic rings. The Balaban J connectivity index is 4.62. The molecule has 0 atom stereocenters. The highest BCUT2D eigenvalue weighted by Crippen LogP contribution is 2.03. The molecule has 0 fully saturated rings. The Bertz CT molecular complexity index is 286. The lowest BCUT2D eigenvalue weighted by atomic mass is 10.1. The standard InChI is InChI=1S/C11H15NO/c1-6-10(9(2)3)7-8-11(12-4)13-5/h1,7-8H,2-5H3/b8-7-,12-11?. The van der Waals surface area contributed by atoms with Crippen LogP contribution in [0, 0.1) is 12.3 Å². The lowest BCUT2D eigenvalue weighted by molar-refractivity contribution is 0.406. The summed E-state index contributed by atoms with van der Waals surface area (Å²) in [5.74, 6) is 3.15. The molecule has 0 aromatic heterocycles. The number of aliphatic imine (C=N–C) groups is 1. The van der Waals surface area contributed by atoms with Crippen LogP contribution < -0.4 is 0 Å². The highest BCUT2D eigenvalue weighted by molar-refractivity contribution is 5.88. The van der Waals surface area contributed by atoms with Gasteiger partial charge in [0.05, 0.1) is 7.11 Å². The Kier molecular flexibility index (Phi) is 5.38. The van der Waals surface area contributed by atoms with E-state index in [4.69, 9.17) is 11.2 Å². The summed E-state index contributed by atoms with van der Waals surface area (Å²) in [4.78, 5) is 3.89. The molecule has 0 aliphatic heterocycles. The van der Waals surface area contributed by atoms with Crippen molar-refractivity contribution in [3.63, 3.8) is 0 Å². The normalized spacial score (nSPS) is 11.2. The monoisotopic (exact) mass is 177 g/mol. The van der Waals surface area contributed by atoms with Crippen molar-refractivity contribution >= 4 is 5.90 Å². The number of nitrogens with zero attached hydrogens (tertiary/aromatic N) is 1. The van der Waals surface area contributed by atoms with Crippen molar-refractivity contribution in [2.45, 2.75) is 13.8 Å². The zero-order valence-corrected chi connectivity index (χ0v) is 8.59. The molecule has 0 saturated heterocycles. The number of allylic oxidation sites excluding steroid dienone is 3. The zero-order valence-electron chi connectivity index (χ0n) is 8.59. The summed E-state index contributed by atoms with van der Waals surface area (Å²) in [6.07, 6.45) is 8.88. The van der Waals surface area contributed by atoms with Crippen LogP contribution in [-0.4, -0.2) is 20.1 Å². The SMILES string of the molecule is C#CC(/C=C\C(=NC)OC)=C(C)C. The Labute approximate surface area is 80.0 Å². The summed E-state index contributed by atoms with van der Waals surface area (Å²) in [6.45, 7) is 3.93. The largest absolute Gasteiger partial charge is 0.481 e. The van der Waals surface area contributed by atoms with Crippen LogP contribution >= 0.6 is 0 Å². The maximum Gasteiger partial charge on any atom is 0.208 e. The number of ether oxygens (including phenoxy) is 1. The van der Waals surface area contributed by atoms with E-state index < -0.39 is 0 Å². The average molecular weight is 177 g/mol. The molecule has 0 radical (unpaired) electrons. The summed E-state index contributed by atoms with van der Waals surface area (Å²) in [6, 6.07) is 0. The van der Waals surface area contributed by atoms with E-state index in [0.717, 1.165) is 11.1 Å². The molecule has 0 bridgehead atoms. The maximum atomic E-state index is 5.30. The van der Waals surface area contributed by atoms with E-state index in [2.05, 4.69) is 10.9 Å². The van der Waals surface area contributed by atoms with E-state index in [9.17, 15) is 0 Å². The maximum absolute atomic E-state index is 5.30. The summed E-state index contributed by atoms with van der Waals surface area (Å²) < 4.78 is 4.95. The Hall–Kier alpha value is -1.49. The Morgan fingerprint density at radius 1 is 1.38 bits per heavy atom. The van der Waals surface area contributed by atoms with Crippen molar-refractivity contribution in [3.8, 4) is 12.3 Å². The topological polar surface area (TPSA) is 21.6 Å². The Morgan fingerprint density at radius 3 is 2.31 bits per heavy atom. The van der Waals surface area contributed by atoms with Crippen LogP contribution in [0.4, 0.5) is 0 Å². The second-order valence-electron chi connectivity index (χ2n) is 2.66. The molecule has 0 unspecified atom stereocenters. The smallest absolute Gasteiger partial charge is 0.208 e. The fourth-order valence-electron chi connectivity index (χ4n) is 0.748. The minimum atomic E-state index is 0.564. The quantitative estimate of drug-likeness (QED) is 0.274. The predicted octanol–water partition coefficient (Wildman–Crippen LogP) is 2.19. The van der Waals surface area contributed by atoms with E-state index in [1.54, 1.807) is 20.2 Å². The summed E-state index contributed by atoms with van der Waals surface area (Å²) in [5, 5.41) is 0. The third kappa shape index (κ3) is 4.17. The van der Waals surface area contributed by atoms with Crippen molar-refractivity contribution in [1.29, 1.82) is 0 Å². The van der Waals surface area contributed by atoms with Gasteiger partial charge in [-0.25, -0.2) is 0 Å². The molecule has 2 nitrogen and oxygen atoms in total. The van der Waals surface area contributed by atoms with Crippen molar-refractivity contribution in [2.24, 2.45) is 4.99 Å². The molecule has 0 amide bonds.